The molecule has 0 radical (unpaired) electrons. The number of aromatic hydroxyl groups is 2. The van der Waals surface area contributed by atoms with Gasteiger partial charge in [-0.3, -0.25) is 0 Å². The van der Waals surface area contributed by atoms with Crippen LogP contribution in [0.2, 0.25) is 0 Å². The fourth-order valence-electron chi connectivity index (χ4n) is 4.67. The van der Waals surface area contributed by atoms with Gasteiger partial charge in [-0.15, -0.1) is 0 Å². The van der Waals surface area contributed by atoms with Crippen LogP contribution in [0.5, 0.6) is 11.5 Å². The zero-order valence-electron chi connectivity index (χ0n) is 15.6. The summed E-state index contributed by atoms with van der Waals surface area (Å²) in [6.07, 6.45) is -0.0599. The van der Waals surface area contributed by atoms with Crippen molar-refractivity contribution in [1.29, 1.82) is 0 Å². The second-order valence-electron chi connectivity index (χ2n) is 7.50. The maximum atomic E-state index is 11.3. The van der Waals surface area contributed by atoms with Gasteiger partial charge in [-0.2, -0.15) is 0 Å². The molecule has 3 atom stereocenters. The Balaban J connectivity index is 1.97. The molecule has 27 heavy (non-hydrogen) atoms. The Morgan fingerprint density at radius 1 is 0.741 bits per heavy atom. The summed E-state index contributed by atoms with van der Waals surface area (Å²) in [6.45, 7) is 3.94. The Labute approximate surface area is 159 Å². The highest BCUT2D eigenvalue weighted by Crippen LogP contribution is 2.53. The van der Waals surface area contributed by atoms with Crippen LogP contribution in [-0.2, 0) is 6.42 Å². The minimum absolute atomic E-state index is 0.136. The molecule has 0 saturated heterocycles. The number of aliphatic hydroxyl groups excluding tert-OH is 1. The summed E-state index contributed by atoms with van der Waals surface area (Å²) in [4.78, 5) is 0. The molecule has 0 heterocycles. The zero-order valence-corrected chi connectivity index (χ0v) is 15.6. The van der Waals surface area contributed by atoms with Crippen molar-refractivity contribution in [1.82, 2.24) is 0 Å². The van der Waals surface area contributed by atoms with Crippen molar-refractivity contribution in [2.75, 3.05) is 0 Å². The third kappa shape index (κ3) is 2.88. The summed E-state index contributed by atoms with van der Waals surface area (Å²) in [7, 11) is 0. The number of hydrogen-bond acceptors (Lipinski definition) is 3. The van der Waals surface area contributed by atoms with Gasteiger partial charge in [0.05, 0.1) is 6.10 Å². The number of aliphatic hydroxyl groups is 1. The largest absolute Gasteiger partial charge is 0.508 e. The molecular formula is C24H24O3. The Hall–Kier alpha value is -2.78. The zero-order chi connectivity index (χ0) is 19.1. The molecule has 4 rings (SSSR count). The first-order chi connectivity index (χ1) is 13.0. The highest BCUT2D eigenvalue weighted by atomic mass is 16.3. The summed E-state index contributed by atoms with van der Waals surface area (Å²) in [5.41, 5.74) is 5.52. The third-order valence-corrected chi connectivity index (χ3v) is 5.89. The molecule has 3 heteroatoms. The Kier molecular flexibility index (Phi) is 4.40. The van der Waals surface area contributed by atoms with E-state index in [2.05, 4.69) is 0 Å². The Morgan fingerprint density at radius 3 is 1.96 bits per heavy atom. The number of aryl methyl sites for hydroxylation is 2. The normalized spacial score (nSPS) is 21.7. The molecule has 0 bridgehead atoms. The van der Waals surface area contributed by atoms with E-state index in [4.69, 9.17) is 0 Å². The van der Waals surface area contributed by atoms with E-state index in [0.29, 0.717) is 6.42 Å². The predicted octanol–water partition coefficient (Wildman–Crippen LogP) is 4.87. The molecule has 3 N–H and O–H groups in total. The lowest BCUT2D eigenvalue weighted by Crippen LogP contribution is -2.28. The van der Waals surface area contributed by atoms with Gasteiger partial charge in [-0.1, -0.05) is 48.5 Å². The van der Waals surface area contributed by atoms with E-state index >= 15 is 0 Å². The maximum absolute atomic E-state index is 11.3. The molecule has 3 nitrogen and oxygen atoms in total. The SMILES string of the molecule is Cc1cccc(O)c1C1Cc2ccccc2C(O)C1c1c(C)cccc1O. The van der Waals surface area contributed by atoms with Gasteiger partial charge in [-0.25, -0.2) is 0 Å². The van der Waals surface area contributed by atoms with Crippen LogP contribution in [0, 0.1) is 13.8 Å². The van der Waals surface area contributed by atoms with Gasteiger partial charge in [-0.05, 0) is 54.7 Å². The second-order valence-corrected chi connectivity index (χ2v) is 7.50. The summed E-state index contributed by atoms with van der Waals surface area (Å²) in [5.74, 6) is -0.0441. The number of fused-ring (bicyclic) bond motifs is 1. The highest BCUT2D eigenvalue weighted by Gasteiger charge is 2.40. The Bertz CT molecular complexity index is 952. The van der Waals surface area contributed by atoms with Crippen LogP contribution in [0.15, 0.2) is 60.7 Å². The van der Waals surface area contributed by atoms with Gasteiger partial charge in [0.2, 0.25) is 0 Å². The number of hydrogen-bond donors (Lipinski definition) is 3. The Morgan fingerprint density at radius 2 is 1.33 bits per heavy atom. The van der Waals surface area contributed by atoms with Crippen LogP contribution in [0.25, 0.3) is 0 Å². The summed E-state index contributed by atoms with van der Waals surface area (Å²) >= 11 is 0. The monoisotopic (exact) mass is 360 g/mol. The third-order valence-electron chi connectivity index (χ3n) is 5.89. The van der Waals surface area contributed by atoms with Gasteiger partial charge >= 0.3 is 0 Å². The summed E-state index contributed by atoms with van der Waals surface area (Å²) in [5, 5.41) is 32.6. The van der Waals surface area contributed by atoms with Crippen molar-refractivity contribution in [2.24, 2.45) is 0 Å². The van der Waals surface area contributed by atoms with E-state index in [1.807, 2.05) is 62.4 Å². The van der Waals surface area contributed by atoms with Crippen molar-refractivity contribution < 1.29 is 15.3 Å². The minimum Gasteiger partial charge on any atom is -0.508 e. The lowest BCUT2D eigenvalue weighted by molar-refractivity contribution is 0.118. The van der Waals surface area contributed by atoms with E-state index in [0.717, 1.165) is 33.4 Å². The van der Waals surface area contributed by atoms with E-state index in [1.165, 1.54) is 0 Å². The van der Waals surface area contributed by atoms with Crippen LogP contribution in [0.1, 0.15) is 51.3 Å². The van der Waals surface area contributed by atoms with Crippen LogP contribution in [0.4, 0.5) is 0 Å². The van der Waals surface area contributed by atoms with Crippen molar-refractivity contribution in [3.05, 3.63) is 94.0 Å². The molecule has 0 fully saturated rings. The highest BCUT2D eigenvalue weighted by molar-refractivity contribution is 5.52. The van der Waals surface area contributed by atoms with Crippen LogP contribution in [0.3, 0.4) is 0 Å². The fraction of sp³-hybridized carbons (Fsp3) is 0.250. The molecule has 3 aromatic rings. The molecule has 0 amide bonds. The molecule has 0 aromatic heterocycles. The smallest absolute Gasteiger partial charge is 0.119 e. The molecule has 3 aromatic carbocycles. The lowest BCUT2D eigenvalue weighted by atomic mass is 9.66. The first kappa shape index (κ1) is 17.6. The molecule has 1 aliphatic carbocycles. The van der Waals surface area contributed by atoms with Crippen LogP contribution in [-0.4, -0.2) is 15.3 Å². The predicted molar refractivity (Wildman–Crippen MR) is 106 cm³/mol. The summed E-state index contributed by atoms with van der Waals surface area (Å²) in [6, 6.07) is 18.9. The molecular weight excluding hydrogens is 336 g/mol. The minimum atomic E-state index is -0.758. The van der Waals surface area contributed by atoms with Gasteiger partial charge in [0.1, 0.15) is 11.5 Å². The molecule has 1 aliphatic rings. The lowest BCUT2D eigenvalue weighted by Gasteiger charge is -2.39. The number of phenolic OH excluding ortho intramolecular Hbond substituents is 2. The fourth-order valence-corrected chi connectivity index (χ4v) is 4.67. The van der Waals surface area contributed by atoms with Crippen molar-refractivity contribution >= 4 is 0 Å². The van der Waals surface area contributed by atoms with E-state index in [1.54, 1.807) is 12.1 Å². The second kappa shape index (κ2) is 6.75. The topological polar surface area (TPSA) is 60.7 Å². The van der Waals surface area contributed by atoms with Gasteiger partial charge in [0, 0.05) is 23.0 Å². The van der Waals surface area contributed by atoms with Crippen molar-refractivity contribution in [2.45, 2.75) is 38.2 Å². The van der Waals surface area contributed by atoms with E-state index in [-0.39, 0.29) is 23.3 Å². The average molecular weight is 360 g/mol. The number of phenols is 2. The average Bonchev–Trinajstić information content (AvgIpc) is 2.63. The molecule has 0 spiro atoms. The van der Waals surface area contributed by atoms with E-state index < -0.39 is 6.10 Å². The van der Waals surface area contributed by atoms with E-state index in [9.17, 15) is 15.3 Å². The quantitative estimate of drug-likeness (QED) is 0.611. The maximum Gasteiger partial charge on any atom is 0.119 e. The first-order valence-corrected chi connectivity index (χ1v) is 9.32. The molecule has 3 unspecified atom stereocenters. The van der Waals surface area contributed by atoms with Gasteiger partial charge in [0.15, 0.2) is 0 Å². The number of rotatable bonds is 2. The molecule has 0 saturated carbocycles. The first-order valence-electron chi connectivity index (χ1n) is 9.32. The van der Waals surface area contributed by atoms with Crippen LogP contribution < -0.4 is 0 Å². The van der Waals surface area contributed by atoms with Gasteiger partial charge in [0.25, 0.3) is 0 Å². The van der Waals surface area contributed by atoms with Crippen molar-refractivity contribution in [3.8, 4) is 11.5 Å². The van der Waals surface area contributed by atoms with Gasteiger partial charge < -0.3 is 15.3 Å². The standard InChI is InChI=1S/C24H24O3/c1-14-7-5-11-19(25)21(14)18-13-16-9-3-4-10-17(16)24(27)23(18)22-15(2)8-6-12-20(22)26/h3-12,18,23-27H,13H2,1-2H3. The van der Waals surface area contributed by atoms with Crippen LogP contribution >= 0.6 is 0 Å². The van der Waals surface area contributed by atoms with Crippen molar-refractivity contribution in [3.63, 3.8) is 0 Å². The summed E-state index contributed by atoms with van der Waals surface area (Å²) < 4.78 is 0. The number of benzene rings is 3. The molecule has 0 aliphatic heterocycles. The molecule has 138 valence electrons.